The number of methoxy groups -OCH3 is 2. The van der Waals surface area contributed by atoms with E-state index in [4.69, 9.17) is 21.1 Å². The number of ether oxygens (including phenoxy) is 2. The fourth-order valence-electron chi connectivity index (χ4n) is 3.41. The summed E-state index contributed by atoms with van der Waals surface area (Å²) in [5, 5.41) is 3.86. The van der Waals surface area contributed by atoms with Crippen LogP contribution < -0.4 is 19.7 Å². The second kappa shape index (κ2) is 11.4. The number of thioether (sulfide) groups is 1. The number of halogens is 1. The average molecular weight is 465 g/mol. The van der Waals surface area contributed by atoms with E-state index >= 15 is 0 Å². The SMILES string of the molecule is COc1ccc(CCNC(=O)CSc2nc(Cl)cc(N3CCC(C)CC3)n2)cc1OC. The minimum atomic E-state index is -0.0672. The van der Waals surface area contributed by atoms with Gasteiger partial charge in [-0.05, 0) is 42.9 Å². The number of anilines is 1. The lowest BCUT2D eigenvalue weighted by atomic mass is 9.99. The second-order valence-electron chi connectivity index (χ2n) is 7.58. The first-order valence-electron chi connectivity index (χ1n) is 10.4. The number of aromatic nitrogens is 2. The largest absolute Gasteiger partial charge is 0.493 e. The molecule has 0 spiro atoms. The molecule has 1 aromatic heterocycles. The smallest absolute Gasteiger partial charge is 0.230 e. The molecule has 0 saturated carbocycles. The van der Waals surface area contributed by atoms with Gasteiger partial charge in [0.15, 0.2) is 16.7 Å². The summed E-state index contributed by atoms with van der Waals surface area (Å²) < 4.78 is 10.6. The van der Waals surface area contributed by atoms with E-state index in [1.165, 1.54) is 11.8 Å². The molecular formula is C22H29ClN4O3S. The summed E-state index contributed by atoms with van der Waals surface area (Å²) in [6, 6.07) is 7.54. The van der Waals surface area contributed by atoms with Crippen molar-refractivity contribution in [3.63, 3.8) is 0 Å². The van der Waals surface area contributed by atoms with Crippen molar-refractivity contribution in [3.05, 3.63) is 35.0 Å². The predicted molar refractivity (Wildman–Crippen MR) is 125 cm³/mol. The number of carbonyl (C=O) groups excluding carboxylic acids is 1. The number of benzene rings is 1. The van der Waals surface area contributed by atoms with Gasteiger partial charge in [0, 0.05) is 25.7 Å². The number of rotatable bonds is 9. The second-order valence-corrected chi connectivity index (χ2v) is 8.91. The van der Waals surface area contributed by atoms with Crippen LogP contribution in [0.2, 0.25) is 5.15 Å². The zero-order chi connectivity index (χ0) is 22.2. The molecule has 1 fully saturated rings. The normalized spacial score (nSPS) is 14.4. The summed E-state index contributed by atoms with van der Waals surface area (Å²) in [6.45, 7) is 4.74. The minimum absolute atomic E-state index is 0.0672. The van der Waals surface area contributed by atoms with Crippen molar-refractivity contribution >= 4 is 35.1 Å². The third-order valence-corrected chi connectivity index (χ3v) is 6.33. The molecule has 1 aromatic carbocycles. The maximum atomic E-state index is 12.3. The van der Waals surface area contributed by atoms with E-state index < -0.39 is 0 Å². The number of nitrogens with one attached hydrogen (secondary N) is 1. The molecule has 9 heteroatoms. The highest BCUT2D eigenvalue weighted by Gasteiger charge is 2.18. The Balaban J connectivity index is 1.47. The minimum Gasteiger partial charge on any atom is -0.493 e. The molecular weight excluding hydrogens is 436 g/mol. The molecule has 168 valence electrons. The molecule has 3 rings (SSSR count). The third kappa shape index (κ3) is 6.90. The molecule has 1 saturated heterocycles. The van der Waals surface area contributed by atoms with Crippen LogP contribution in [-0.4, -0.2) is 55.5 Å². The Morgan fingerprint density at radius 2 is 1.94 bits per heavy atom. The summed E-state index contributed by atoms with van der Waals surface area (Å²) in [6.07, 6.45) is 2.99. The van der Waals surface area contributed by atoms with Gasteiger partial charge in [0.05, 0.1) is 20.0 Å². The molecule has 31 heavy (non-hydrogen) atoms. The van der Waals surface area contributed by atoms with Crippen molar-refractivity contribution in [2.75, 3.05) is 44.5 Å². The number of piperidine rings is 1. The Bertz CT molecular complexity index is 891. The van der Waals surface area contributed by atoms with Gasteiger partial charge in [0.2, 0.25) is 5.91 Å². The fraction of sp³-hybridized carbons (Fsp3) is 0.500. The van der Waals surface area contributed by atoms with Crippen molar-refractivity contribution in [2.45, 2.75) is 31.3 Å². The Morgan fingerprint density at radius 3 is 2.65 bits per heavy atom. The van der Waals surface area contributed by atoms with Crippen molar-refractivity contribution in [3.8, 4) is 11.5 Å². The van der Waals surface area contributed by atoms with Gasteiger partial charge in [0.1, 0.15) is 11.0 Å². The van der Waals surface area contributed by atoms with Gasteiger partial charge in [-0.3, -0.25) is 4.79 Å². The zero-order valence-corrected chi connectivity index (χ0v) is 19.8. The Hall–Kier alpha value is -2.19. The molecule has 1 aliphatic heterocycles. The van der Waals surface area contributed by atoms with Crippen molar-refractivity contribution < 1.29 is 14.3 Å². The first-order valence-corrected chi connectivity index (χ1v) is 11.7. The zero-order valence-electron chi connectivity index (χ0n) is 18.2. The van der Waals surface area contributed by atoms with Gasteiger partial charge in [-0.1, -0.05) is 36.4 Å². The molecule has 1 N–H and O–H groups in total. The van der Waals surface area contributed by atoms with Gasteiger partial charge >= 0.3 is 0 Å². The van der Waals surface area contributed by atoms with Crippen LogP contribution in [0, 0.1) is 5.92 Å². The van der Waals surface area contributed by atoms with Crippen molar-refractivity contribution in [1.82, 2.24) is 15.3 Å². The number of nitrogens with zero attached hydrogens (tertiary/aromatic N) is 3. The summed E-state index contributed by atoms with van der Waals surface area (Å²) in [7, 11) is 3.21. The maximum Gasteiger partial charge on any atom is 0.230 e. The van der Waals surface area contributed by atoms with Gasteiger partial charge in [-0.15, -0.1) is 0 Å². The molecule has 0 unspecified atom stereocenters. The molecule has 2 aromatic rings. The fourth-order valence-corrected chi connectivity index (χ4v) is 4.32. The molecule has 7 nitrogen and oxygen atoms in total. The molecule has 2 heterocycles. The Labute approximate surface area is 192 Å². The van der Waals surface area contributed by atoms with Crippen LogP contribution in [0.15, 0.2) is 29.4 Å². The number of hydrogen-bond acceptors (Lipinski definition) is 7. The predicted octanol–water partition coefficient (Wildman–Crippen LogP) is 3.83. The van der Waals surface area contributed by atoms with Gasteiger partial charge in [-0.2, -0.15) is 0 Å². The molecule has 0 aliphatic carbocycles. The van der Waals surface area contributed by atoms with E-state index in [1.54, 1.807) is 20.3 Å². The van der Waals surface area contributed by atoms with Crippen LogP contribution in [0.1, 0.15) is 25.3 Å². The topological polar surface area (TPSA) is 76.6 Å². The summed E-state index contributed by atoms with van der Waals surface area (Å²) in [4.78, 5) is 23.4. The molecule has 0 atom stereocenters. The Kier molecular flexibility index (Phi) is 8.66. The highest BCUT2D eigenvalue weighted by Crippen LogP contribution is 2.28. The monoisotopic (exact) mass is 464 g/mol. The quantitative estimate of drug-likeness (QED) is 0.343. The van der Waals surface area contributed by atoms with Gasteiger partial charge < -0.3 is 19.7 Å². The molecule has 1 amide bonds. The first-order chi connectivity index (χ1) is 15.0. The van der Waals surface area contributed by atoms with E-state index in [9.17, 15) is 4.79 Å². The van der Waals surface area contributed by atoms with Gasteiger partial charge in [-0.25, -0.2) is 9.97 Å². The average Bonchev–Trinajstić information content (AvgIpc) is 2.77. The third-order valence-electron chi connectivity index (χ3n) is 5.28. The Morgan fingerprint density at radius 1 is 1.19 bits per heavy atom. The standard InChI is InChI=1S/C22H29ClN4O3S/c1-15-7-10-27(11-8-15)20-13-19(23)25-22(26-20)31-14-21(28)24-9-6-16-4-5-17(29-2)18(12-16)30-3/h4-5,12-13,15H,6-11,14H2,1-3H3,(H,24,28). The lowest BCUT2D eigenvalue weighted by Crippen LogP contribution is -2.33. The van der Waals surface area contributed by atoms with Crippen LogP contribution in [0.4, 0.5) is 5.82 Å². The van der Waals surface area contributed by atoms with Crippen molar-refractivity contribution in [1.29, 1.82) is 0 Å². The lowest BCUT2D eigenvalue weighted by Gasteiger charge is -2.31. The van der Waals surface area contributed by atoms with E-state index in [2.05, 4.69) is 27.1 Å². The van der Waals surface area contributed by atoms with Gasteiger partial charge in [0.25, 0.3) is 0 Å². The highest BCUT2D eigenvalue weighted by atomic mass is 35.5. The van der Waals surface area contributed by atoms with Crippen LogP contribution in [0.3, 0.4) is 0 Å². The number of amides is 1. The van der Waals surface area contributed by atoms with E-state index in [-0.39, 0.29) is 11.7 Å². The van der Waals surface area contributed by atoms with E-state index in [0.717, 1.165) is 43.2 Å². The summed E-state index contributed by atoms with van der Waals surface area (Å²) in [5.41, 5.74) is 1.06. The number of hydrogen-bond donors (Lipinski definition) is 1. The lowest BCUT2D eigenvalue weighted by molar-refractivity contribution is -0.118. The number of carbonyl (C=O) groups is 1. The molecule has 0 radical (unpaired) electrons. The summed E-state index contributed by atoms with van der Waals surface area (Å²) in [5.74, 6) is 3.12. The van der Waals surface area contributed by atoms with E-state index in [0.29, 0.717) is 34.8 Å². The van der Waals surface area contributed by atoms with Crippen LogP contribution in [-0.2, 0) is 11.2 Å². The van der Waals surface area contributed by atoms with Crippen molar-refractivity contribution in [2.24, 2.45) is 5.92 Å². The summed E-state index contributed by atoms with van der Waals surface area (Å²) >= 11 is 7.50. The molecule has 0 bridgehead atoms. The van der Waals surface area contributed by atoms with Crippen LogP contribution >= 0.6 is 23.4 Å². The van der Waals surface area contributed by atoms with Crippen LogP contribution in [0.25, 0.3) is 0 Å². The highest BCUT2D eigenvalue weighted by molar-refractivity contribution is 7.99. The van der Waals surface area contributed by atoms with E-state index in [1.807, 2.05) is 18.2 Å². The first kappa shape index (κ1) is 23.5. The maximum absolute atomic E-state index is 12.3. The molecule has 1 aliphatic rings. The van der Waals surface area contributed by atoms with Crippen LogP contribution in [0.5, 0.6) is 11.5 Å².